The van der Waals surface area contributed by atoms with Gasteiger partial charge in [0.2, 0.25) is 5.91 Å². The lowest BCUT2D eigenvalue weighted by atomic mass is 10.1. The third-order valence-corrected chi connectivity index (χ3v) is 5.29. The molecule has 7 nitrogen and oxygen atoms in total. The van der Waals surface area contributed by atoms with Gasteiger partial charge in [0.25, 0.3) is 5.91 Å². The molecule has 0 aliphatic carbocycles. The number of amides is 2. The van der Waals surface area contributed by atoms with Crippen LogP contribution >= 0.6 is 12.6 Å². The van der Waals surface area contributed by atoms with Gasteiger partial charge in [-0.05, 0) is 31.9 Å². The van der Waals surface area contributed by atoms with Crippen LogP contribution in [0.4, 0.5) is 0 Å². The minimum Gasteiger partial charge on any atom is -0.545 e. The maximum absolute atomic E-state index is 12.8. The highest BCUT2D eigenvalue weighted by molar-refractivity contribution is 7.80. The Morgan fingerprint density at radius 1 is 1.10 bits per heavy atom. The fourth-order valence-electron chi connectivity index (χ4n) is 3.26. The van der Waals surface area contributed by atoms with Crippen LogP contribution in [0, 0.1) is 0 Å². The van der Waals surface area contributed by atoms with Crippen molar-refractivity contribution in [1.29, 1.82) is 0 Å². The maximum Gasteiger partial charge on any atom is 0.250 e. The Bertz CT molecular complexity index is 632. The Balaban J connectivity index is 4.60. The van der Waals surface area contributed by atoms with Crippen molar-refractivity contribution in [2.24, 2.45) is 0 Å². The summed E-state index contributed by atoms with van der Waals surface area (Å²) in [7, 11) is 3.86. The predicted molar refractivity (Wildman–Crippen MR) is 126 cm³/mol. The molecule has 0 heterocycles. The number of carboxylic acids is 1. The highest BCUT2D eigenvalue weighted by atomic mass is 32.1. The van der Waals surface area contributed by atoms with E-state index in [1.807, 2.05) is 21.0 Å². The molecule has 0 radical (unpaired) electrons. The van der Waals surface area contributed by atoms with E-state index >= 15 is 0 Å². The third kappa shape index (κ3) is 14.0. The molecule has 2 amide bonds. The van der Waals surface area contributed by atoms with E-state index in [1.165, 1.54) is 6.20 Å². The van der Waals surface area contributed by atoms with Gasteiger partial charge in [-0.3, -0.25) is 9.59 Å². The summed E-state index contributed by atoms with van der Waals surface area (Å²) >= 11 is 4.17. The molecule has 0 unspecified atom stereocenters. The van der Waals surface area contributed by atoms with Gasteiger partial charge in [0.15, 0.2) is 0 Å². The summed E-state index contributed by atoms with van der Waals surface area (Å²) in [6.45, 7) is 9.45. The standard InChI is InChI=1S/C23H41N3O4S/c1-6-13-25(14-11-15-26(4,5)18-20(3)23(29)30)22(28)19(2)17-24-21(27)12-9-7-8-10-16-31/h17H,3,6-16,18H2,1-2,4-5H3,(H2-,24,27,28,29,30,31). The molecule has 0 saturated carbocycles. The monoisotopic (exact) mass is 455 g/mol. The Kier molecular flexibility index (Phi) is 15.0. The molecule has 0 spiro atoms. The number of nitrogens with zero attached hydrogens (tertiary/aromatic N) is 2. The van der Waals surface area contributed by atoms with Crippen LogP contribution < -0.4 is 10.4 Å². The molecule has 0 atom stereocenters. The molecule has 31 heavy (non-hydrogen) atoms. The minimum atomic E-state index is -1.23. The second-order valence-electron chi connectivity index (χ2n) is 8.64. The van der Waals surface area contributed by atoms with Crippen LogP contribution in [0.1, 0.15) is 58.8 Å². The first-order valence-corrected chi connectivity index (χ1v) is 11.7. The van der Waals surface area contributed by atoms with Crippen LogP contribution in [0.2, 0.25) is 0 Å². The molecule has 178 valence electrons. The number of hydrogen-bond donors (Lipinski definition) is 2. The molecule has 0 rings (SSSR count). The van der Waals surface area contributed by atoms with Gasteiger partial charge in [-0.25, -0.2) is 0 Å². The molecular weight excluding hydrogens is 414 g/mol. The summed E-state index contributed by atoms with van der Waals surface area (Å²) in [6, 6.07) is 0. The van der Waals surface area contributed by atoms with Gasteiger partial charge in [-0.2, -0.15) is 12.6 Å². The summed E-state index contributed by atoms with van der Waals surface area (Å²) in [5, 5.41) is 13.6. The first-order valence-electron chi connectivity index (χ1n) is 11.1. The van der Waals surface area contributed by atoms with E-state index in [-0.39, 0.29) is 17.4 Å². The molecule has 1 N–H and O–H groups in total. The fourth-order valence-corrected chi connectivity index (χ4v) is 3.48. The van der Waals surface area contributed by atoms with E-state index < -0.39 is 5.97 Å². The number of carboxylic acid groups (broad SMARTS) is 1. The van der Waals surface area contributed by atoms with Crippen LogP contribution in [-0.4, -0.2) is 73.2 Å². The van der Waals surface area contributed by atoms with Gasteiger partial charge in [-0.15, -0.1) is 0 Å². The molecule has 0 saturated heterocycles. The van der Waals surface area contributed by atoms with Crippen molar-refractivity contribution in [3.63, 3.8) is 0 Å². The molecule has 0 fully saturated rings. The topological polar surface area (TPSA) is 89.5 Å². The van der Waals surface area contributed by atoms with Crippen LogP contribution in [0.25, 0.3) is 0 Å². The summed E-state index contributed by atoms with van der Waals surface area (Å²) < 4.78 is 0.458. The van der Waals surface area contributed by atoms with Gasteiger partial charge in [0.1, 0.15) is 6.54 Å². The predicted octanol–water partition coefficient (Wildman–Crippen LogP) is 1.90. The van der Waals surface area contributed by atoms with E-state index in [0.29, 0.717) is 42.7 Å². The first-order chi connectivity index (χ1) is 14.5. The lowest BCUT2D eigenvalue weighted by molar-refractivity contribution is -0.885. The van der Waals surface area contributed by atoms with Gasteiger partial charge in [0, 0.05) is 43.3 Å². The molecule has 0 bridgehead atoms. The van der Waals surface area contributed by atoms with Gasteiger partial charge >= 0.3 is 0 Å². The van der Waals surface area contributed by atoms with Crippen molar-refractivity contribution in [1.82, 2.24) is 10.2 Å². The molecule has 8 heteroatoms. The zero-order valence-electron chi connectivity index (χ0n) is 19.7. The fraction of sp³-hybridized carbons (Fsp3) is 0.696. The van der Waals surface area contributed by atoms with Crippen LogP contribution in [0.15, 0.2) is 23.9 Å². The number of nitrogens with one attached hydrogen (secondary N) is 1. The lowest BCUT2D eigenvalue weighted by Gasteiger charge is -2.32. The number of carbonyl (C=O) groups is 3. The van der Waals surface area contributed by atoms with E-state index in [1.54, 1.807) is 11.8 Å². The van der Waals surface area contributed by atoms with E-state index in [4.69, 9.17) is 0 Å². The minimum absolute atomic E-state index is 0.0720. The maximum atomic E-state index is 12.8. The number of unbranched alkanes of at least 4 members (excludes halogenated alkanes) is 3. The number of likely N-dealkylation sites (N-methyl/N-ethyl adjacent to an activating group) is 1. The second-order valence-corrected chi connectivity index (χ2v) is 9.08. The molecule has 0 aromatic heterocycles. The zero-order valence-corrected chi connectivity index (χ0v) is 20.6. The van der Waals surface area contributed by atoms with Crippen molar-refractivity contribution >= 4 is 30.4 Å². The SMILES string of the molecule is C=C(C[N+](C)(C)CCCN(CCC)C(=O)C(C)=CNC(=O)CCCCCCS)C(=O)[O-]. The van der Waals surface area contributed by atoms with Crippen LogP contribution in [0.5, 0.6) is 0 Å². The third-order valence-electron chi connectivity index (χ3n) is 4.98. The Morgan fingerprint density at radius 2 is 1.74 bits per heavy atom. The molecular formula is C23H41N3O4S. The summed E-state index contributed by atoms with van der Waals surface area (Å²) in [4.78, 5) is 37.4. The Hall–Kier alpha value is -1.80. The van der Waals surface area contributed by atoms with Crippen molar-refractivity contribution in [3.05, 3.63) is 23.9 Å². The quantitative estimate of drug-likeness (QED) is 0.152. The molecule has 0 aromatic rings. The largest absolute Gasteiger partial charge is 0.545 e. The first kappa shape index (κ1) is 29.2. The molecule has 0 aromatic carbocycles. The van der Waals surface area contributed by atoms with Crippen molar-refractivity contribution < 1.29 is 24.0 Å². The van der Waals surface area contributed by atoms with E-state index in [2.05, 4.69) is 24.5 Å². The van der Waals surface area contributed by atoms with Crippen molar-refractivity contribution in [2.75, 3.05) is 46.0 Å². The number of carbonyl (C=O) groups excluding carboxylic acids is 3. The second kappa shape index (κ2) is 15.9. The number of quaternary nitrogens is 1. The molecule has 0 aliphatic heterocycles. The lowest BCUT2D eigenvalue weighted by Crippen LogP contribution is -2.46. The van der Waals surface area contributed by atoms with E-state index in [0.717, 1.165) is 44.3 Å². The smallest absolute Gasteiger partial charge is 0.250 e. The Morgan fingerprint density at radius 3 is 2.32 bits per heavy atom. The van der Waals surface area contributed by atoms with E-state index in [9.17, 15) is 19.5 Å². The van der Waals surface area contributed by atoms with Gasteiger partial charge in [-0.1, -0.05) is 26.3 Å². The highest BCUT2D eigenvalue weighted by Gasteiger charge is 2.20. The summed E-state index contributed by atoms with van der Waals surface area (Å²) in [5.41, 5.74) is 0.568. The highest BCUT2D eigenvalue weighted by Crippen LogP contribution is 2.08. The van der Waals surface area contributed by atoms with Gasteiger partial charge < -0.3 is 24.6 Å². The molecule has 0 aliphatic rings. The van der Waals surface area contributed by atoms with Crippen molar-refractivity contribution in [3.8, 4) is 0 Å². The summed E-state index contributed by atoms with van der Waals surface area (Å²) in [6.07, 6.45) is 7.49. The Labute approximate surface area is 193 Å². The average Bonchev–Trinajstić information content (AvgIpc) is 2.70. The number of aliphatic carboxylic acids is 1. The normalized spacial score (nSPS) is 11.8. The number of rotatable bonds is 17. The van der Waals surface area contributed by atoms with Crippen LogP contribution in [-0.2, 0) is 14.4 Å². The average molecular weight is 456 g/mol. The zero-order chi connectivity index (χ0) is 23.9. The number of thiol groups is 1. The number of hydrogen-bond acceptors (Lipinski definition) is 5. The van der Waals surface area contributed by atoms with Crippen LogP contribution in [0.3, 0.4) is 0 Å². The summed E-state index contributed by atoms with van der Waals surface area (Å²) in [5.74, 6) is -0.530. The van der Waals surface area contributed by atoms with Gasteiger partial charge in [0.05, 0.1) is 26.6 Å². The van der Waals surface area contributed by atoms with Crippen molar-refractivity contribution in [2.45, 2.75) is 58.8 Å².